The van der Waals surface area contributed by atoms with E-state index in [1.54, 1.807) is 12.4 Å². The number of carbonyl (C=O) groups excluding carboxylic acids is 1. The van der Waals surface area contributed by atoms with Crippen LogP contribution in [0.15, 0.2) is 30.6 Å². The number of rotatable bonds is 3. The second kappa shape index (κ2) is 7.25. The molecule has 1 spiro atoms. The molecule has 1 amide bonds. The Morgan fingerprint density at radius 3 is 2.26 bits per heavy atom. The Kier molecular flexibility index (Phi) is 4.80. The van der Waals surface area contributed by atoms with Crippen LogP contribution in [0.1, 0.15) is 34.3 Å². The molecular formula is C20H24N4O3. The van der Waals surface area contributed by atoms with E-state index >= 15 is 0 Å². The summed E-state index contributed by atoms with van der Waals surface area (Å²) in [5.74, 6) is -0.0531. The molecule has 0 unspecified atom stereocenters. The number of nitrogens with zero attached hydrogens (tertiary/aromatic N) is 3. The average molecular weight is 368 g/mol. The number of anilines is 2. The number of para-hydroxylation sites is 1. The zero-order chi connectivity index (χ0) is 18.9. The first-order valence-electron chi connectivity index (χ1n) is 9.29. The summed E-state index contributed by atoms with van der Waals surface area (Å²) >= 11 is 0. The van der Waals surface area contributed by atoms with Crippen LogP contribution in [-0.2, 0) is 9.47 Å². The van der Waals surface area contributed by atoms with Gasteiger partial charge < -0.3 is 19.7 Å². The first-order valence-corrected chi connectivity index (χ1v) is 9.29. The maximum Gasteiger partial charge on any atom is 0.256 e. The first kappa shape index (κ1) is 17.9. The Bertz CT molecular complexity index is 801. The number of hydrogen-bond donors (Lipinski definition) is 1. The van der Waals surface area contributed by atoms with E-state index in [1.165, 1.54) is 0 Å². The predicted octanol–water partition coefficient (Wildman–Crippen LogP) is 2.82. The minimum atomic E-state index is -0.480. The summed E-state index contributed by atoms with van der Waals surface area (Å²) in [6.45, 7) is 6.57. The molecule has 142 valence electrons. The molecule has 2 aromatic rings. The van der Waals surface area contributed by atoms with Crippen molar-refractivity contribution in [3.63, 3.8) is 0 Å². The Hall–Kier alpha value is -2.51. The minimum absolute atomic E-state index is 0.0542. The van der Waals surface area contributed by atoms with E-state index in [2.05, 4.69) is 15.3 Å². The maximum atomic E-state index is 12.7. The van der Waals surface area contributed by atoms with Crippen molar-refractivity contribution in [3.05, 3.63) is 47.3 Å². The number of hydrogen-bond acceptors (Lipinski definition) is 6. The van der Waals surface area contributed by atoms with Crippen molar-refractivity contribution in [2.45, 2.75) is 32.5 Å². The molecule has 0 bridgehead atoms. The predicted molar refractivity (Wildman–Crippen MR) is 101 cm³/mol. The fraction of sp³-hybridized carbons (Fsp3) is 0.450. The number of carbonyl (C=O) groups is 1. The second-order valence-corrected chi connectivity index (χ2v) is 7.09. The van der Waals surface area contributed by atoms with Crippen LogP contribution in [0, 0.1) is 13.8 Å². The lowest BCUT2D eigenvalue weighted by Gasteiger charge is -2.37. The molecule has 2 fully saturated rings. The highest BCUT2D eigenvalue weighted by Gasteiger charge is 2.40. The standard InChI is InChI=1S/C20H24N4O3/c1-14-4-3-5-15(2)17(14)23-19-21-12-16(13-22-19)18(25)24-8-6-20(7-9-24)26-10-11-27-20/h3-5,12-13H,6-11H2,1-2H3,(H,21,22,23). The lowest BCUT2D eigenvalue weighted by atomic mass is 10.0. The Morgan fingerprint density at radius 1 is 1.07 bits per heavy atom. The molecule has 3 heterocycles. The third-order valence-corrected chi connectivity index (χ3v) is 5.24. The van der Waals surface area contributed by atoms with E-state index in [4.69, 9.17) is 9.47 Å². The molecular weight excluding hydrogens is 344 g/mol. The summed E-state index contributed by atoms with van der Waals surface area (Å²) in [5, 5.41) is 3.24. The molecule has 2 saturated heterocycles. The minimum Gasteiger partial charge on any atom is -0.347 e. The zero-order valence-corrected chi connectivity index (χ0v) is 15.7. The van der Waals surface area contributed by atoms with E-state index in [9.17, 15) is 4.79 Å². The molecule has 0 radical (unpaired) electrons. The third kappa shape index (κ3) is 3.65. The number of benzene rings is 1. The molecule has 27 heavy (non-hydrogen) atoms. The van der Waals surface area contributed by atoms with Gasteiger partial charge in [0.15, 0.2) is 5.79 Å². The van der Waals surface area contributed by atoms with Gasteiger partial charge in [-0.15, -0.1) is 0 Å². The number of aryl methyl sites for hydroxylation is 2. The number of nitrogens with one attached hydrogen (secondary N) is 1. The molecule has 0 aliphatic carbocycles. The molecule has 2 aliphatic heterocycles. The Labute approximate surface area is 158 Å². The third-order valence-electron chi connectivity index (χ3n) is 5.24. The Morgan fingerprint density at radius 2 is 1.67 bits per heavy atom. The Balaban J connectivity index is 1.41. The summed E-state index contributed by atoms with van der Waals surface area (Å²) in [7, 11) is 0. The molecule has 7 nitrogen and oxygen atoms in total. The molecule has 1 aromatic carbocycles. The van der Waals surface area contributed by atoms with Gasteiger partial charge in [-0.2, -0.15) is 0 Å². The van der Waals surface area contributed by atoms with E-state index in [0.717, 1.165) is 16.8 Å². The van der Waals surface area contributed by atoms with Crippen LogP contribution in [0.3, 0.4) is 0 Å². The van der Waals surface area contributed by atoms with Crippen LogP contribution in [0.2, 0.25) is 0 Å². The van der Waals surface area contributed by atoms with Gasteiger partial charge in [0.2, 0.25) is 5.95 Å². The zero-order valence-electron chi connectivity index (χ0n) is 15.7. The highest BCUT2D eigenvalue weighted by Crippen LogP contribution is 2.31. The van der Waals surface area contributed by atoms with E-state index < -0.39 is 5.79 Å². The summed E-state index contributed by atoms with van der Waals surface area (Å²) in [4.78, 5) is 23.2. The molecule has 0 saturated carbocycles. The number of piperidine rings is 1. The van der Waals surface area contributed by atoms with E-state index in [1.807, 2.05) is 36.9 Å². The normalized spacial score (nSPS) is 18.7. The first-order chi connectivity index (χ1) is 13.1. The van der Waals surface area contributed by atoms with E-state index in [-0.39, 0.29) is 5.91 Å². The van der Waals surface area contributed by atoms with Crippen molar-refractivity contribution in [1.82, 2.24) is 14.9 Å². The van der Waals surface area contributed by atoms with Crippen molar-refractivity contribution < 1.29 is 14.3 Å². The second-order valence-electron chi connectivity index (χ2n) is 7.09. The number of amides is 1. The van der Waals surface area contributed by atoms with Crippen LogP contribution in [0.5, 0.6) is 0 Å². The summed E-state index contributed by atoms with van der Waals surface area (Å²) in [5.41, 5.74) is 3.73. The van der Waals surface area contributed by atoms with Crippen LogP contribution < -0.4 is 5.32 Å². The summed E-state index contributed by atoms with van der Waals surface area (Å²) < 4.78 is 11.4. The van der Waals surface area contributed by atoms with Crippen molar-refractivity contribution in [2.24, 2.45) is 0 Å². The van der Waals surface area contributed by atoms with Gasteiger partial charge >= 0.3 is 0 Å². The number of ether oxygens (including phenoxy) is 2. The van der Waals surface area contributed by atoms with Crippen molar-refractivity contribution in [3.8, 4) is 0 Å². The van der Waals surface area contributed by atoms with Gasteiger partial charge in [0.05, 0.1) is 18.8 Å². The van der Waals surface area contributed by atoms with Gasteiger partial charge in [0.1, 0.15) is 0 Å². The highest BCUT2D eigenvalue weighted by molar-refractivity contribution is 5.93. The molecule has 2 aliphatic rings. The lowest BCUT2D eigenvalue weighted by molar-refractivity contribution is -0.181. The molecule has 1 N–H and O–H groups in total. The molecule has 0 atom stereocenters. The quantitative estimate of drug-likeness (QED) is 0.898. The molecule has 7 heteroatoms. The maximum absolute atomic E-state index is 12.7. The number of likely N-dealkylation sites (tertiary alicyclic amines) is 1. The SMILES string of the molecule is Cc1cccc(C)c1Nc1ncc(C(=O)N2CCC3(CC2)OCCO3)cn1. The fourth-order valence-electron chi connectivity index (χ4n) is 3.65. The van der Waals surface area contributed by atoms with Gasteiger partial charge in [-0.3, -0.25) is 4.79 Å². The van der Waals surface area contributed by atoms with Crippen LogP contribution in [0.4, 0.5) is 11.6 Å². The van der Waals surface area contributed by atoms with Gasteiger partial charge in [0.25, 0.3) is 5.91 Å². The van der Waals surface area contributed by atoms with Crippen molar-refractivity contribution >= 4 is 17.5 Å². The van der Waals surface area contributed by atoms with Crippen LogP contribution in [0.25, 0.3) is 0 Å². The lowest BCUT2D eigenvalue weighted by Crippen LogP contribution is -2.47. The summed E-state index contributed by atoms with van der Waals surface area (Å²) in [6, 6.07) is 6.09. The fourth-order valence-corrected chi connectivity index (χ4v) is 3.65. The van der Waals surface area contributed by atoms with Gasteiger partial charge in [-0.1, -0.05) is 18.2 Å². The highest BCUT2D eigenvalue weighted by atomic mass is 16.7. The van der Waals surface area contributed by atoms with Gasteiger partial charge in [-0.25, -0.2) is 9.97 Å². The van der Waals surface area contributed by atoms with Crippen LogP contribution in [-0.4, -0.2) is 52.9 Å². The van der Waals surface area contributed by atoms with Crippen LogP contribution >= 0.6 is 0 Å². The smallest absolute Gasteiger partial charge is 0.256 e. The average Bonchev–Trinajstić information content (AvgIpc) is 3.13. The number of aromatic nitrogens is 2. The van der Waals surface area contributed by atoms with Crippen molar-refractivity contribution in [1.29, 1.82) is 0 Å². The topological polar surface area (TPSA) is 76.6 Å². The van der Waals surface area contributed by atoms with E-state index in [0.29, 0.717) is 50.7 Å². The van der Waals surface area contributed by atoms with Gasteiger partial charge in [-0.05, 0) is 25.0 Å². The monoisotopic (exact) mass is 368 g/mol. The largest absolute Gasteiger partial charge is 0.347 e. The molecule has 4 rings (SSSR count). The van der Waals surface area contributed by atoms with Gasteiger partial charge in [0, 0.05) is 44.0 Å². The summed E-state index contributed by atoms with van der Waals surface area (Å²) in [6.07, 6.45) is 4.56. The molecule has 1 aromatic heterocycles. The van der Waals surface area contributed by atoms with Crippen molar-refractivity contribution in [2.75, 3.05) is 31.6 Å².